The Morgan fingerprint density at radius 2 is 1.60 bits per heavy atom. The topological polar surface area (TPSA) is 52.1 Å². The van der Waals surface area contributed by atoms with Gasteiger partial charge in [-0.25, -0.2) is 4.98 Å². The van der Waals surface area contributed by atoms with Gasteiger partial charge in [-0.3, -0.25) is 4.90 Å². The number of aliphatic hydroxyl groups is 1. The van der Waals surface area contributed by atoms with Gasteiger partial charge in [0.1, 0.15) is 5.82 Å². The number of anilines is 2. The van der Waals surface area contributed by atoms with E-state index >= 15 is 0 Å². The van der Waals surface area contributed by atoms with Gasteiger partial charge < -0.3 is 19.6 Å². The monoisotopic (exact) mass is 634 g/mol. The van der Waals surface area contributed by atoms with Gasteiger partial charge in [-0.1, -0.05) is 44.7 Å². The highest BCUT2D eigenvalue weighted by molar-refractivity contribution is 5.83. The number of likely N-dealkylation sites (N-methyl/N-ethyl adjacent to an activating group) is 1. The van der Waals surface area contributed by atoms with Gasteiger partial charge in [0.25, 0.3) is 0 Å². The molecule has 1 aromatic heterocycles. The normalized spacial score (nSPS) is 18.1. The predicted molar refractivity (Wildman–Crippen MR) is 161 cm³/mol. The number of benzene rings is 2. The molecule has 45 heavy (non-hydrogen) atoms. The molecular weight excluding hydrogens is 598 g/mol. The SMILES string of the molecule is C=C(N(C)c1cnc(N2CCN3CCOCC3C2)cc1-c1ccccc1CO)C(C)(C)c1cc(C(F)(F)F)cc(C(F)(F)F)c1. The predicted octanol–water partition coefficient (Wildman–Crippen LogP) is 6.73. The van der Waals surface area contributed by atoms with Crippen LogP contribution in [-0.4, -0.2) is 67.5 Å². The van der Waals surface area contributed by atoms with Crippen molar-refractivity contribution >= 4 is 11.5 Å². The summed E-state index contributed by atoms with van der Waals surface area (Å²) in [4.78, 5) is 11.0. The average Bonchev–Trinajstić information content (AvgIpc) is 3.02. The molecule has 0 saturated carbocycles. The minimum absolute atomic E-state index is 0.123. The van der Waals surface area contributed by atoms with E-state index in [9.17, 15) is 31.4 Å². The van der Waals surface area contributed by atoms with E-state index in [1.807, 2.05) is 18.2 Å². The molecule has 0 aliphatic carbocycles. The number of aliphatic hydroxyl groups excluding tert-OH is 1. The molecule has 2 aliphatic rings. The number of morpholine rings is 1. The number of hydrogen-bond acceptors (Lipinski definition) is 6. The first-order valence-electron chi connectivity index (χ1n) is 14.6. The number of nitrogens with zero attached hydrogens (tertiary/aromatic N) is 4. The summed E-state index contributed by atoms with van der Waals surface area (Å²) in [7, 11) is 1.66. The Morgan fingerprint density at radius 3 is 2.24 bits per heavy atom. The number of alkyl halides is 6. The van der Waals surface area contributed by atoms with Gasteiger partial charge in [0, 0.05) is 49.9 Å². The van der Waals surface area contributed by atoms with Gasteiger partial charge in [-0.05, 0) is 41.0 Å². The van der Waals surface area contributed by atoms with Crippen molar-refractivity contribution in [2.24, 2.45) is 0 Å². The van der Waals surface area contributed by atoms with E-state index in [1.54, 1.807) is 30.3 Å². The van der Waals surface area contributed by atoms with E-state index in [0.717, 1.165) is 31.8 Å². The summed E-state index contributed by atoms with van der Waals surface area (Å²) >= 11 is 0. The molecule has 242 valence electrons. The van der Waals surface area contributed by atoms with Crippen LogP contribution >= 0.6 is 0 Å². The lowest BCUT2D eigenvalue weighted by Crippen LogP contribution is -2.58. The minimum Gasteiger partial charge on any atom is -0.392 e. The van der Waals surface area contributed by atoms with E-state index in [-0.39, 0.29) is 30.0 Å². The molecule has 0 amide bonds. The summed E-state index contributed by atoms with van der Waals surface area (Å²) in [6, 6.07) is 11.0. The molecule has 6 nitrogen and oxygen atoms in total. The van der Waals surface area contributed by atoms with Crippen molar-refractivity contribution in [3.05, 3.63) is 89.3 Å². The number of hydrogen-bond donors (Lipinski definition) is 1. The Bertz CT molecular complexity index is 1520. The van der Waals surface area contributed by atoms with Crippen LogP contribution in [-0.2, 0) is 29.1 Å². The number of pyridine rings is 1. The number of halogens is 6. The third-order valence-electron chi connectivity index (χ3n) is 8.91. The first-order valence-corrected chi connectivity index (χ1v) is 14.6. The summed E-state index contributed by atoms with van der Waals surface area (Å²) < 4.78 is 87.9. The zero-order chi connectivity index (χ0) is 32.7. The van der Waals surface area contributed by atoms with Crippen LogP contribution < -0.4 is 9.80 Å². The molecule has 12 heteroatoms. The Hall–Kier alpha value is -3.61. The Balaban J connectivity index is 1.56. The Kier molecular flexibility index (Phi) is 8.96. The fourth-order valence-electron chi connectivity index (χ4n) is 6.02. The maximum atomic E-state index is 13.7. The van der Waals surface area contributed by atoms with Crippen LogP contribution in [0.15, 0.2) is 67.0 Å². The molecule has 2 fully saturated rings. The first kappa shape index (κ1) is 32.8. The molecule has 0 spiro atoms. The van der Waals surface area contributed by atoms with Crippen molar-refractivity contribution in [1.82, 2.24) is 9.88 Å². The fourth-order valence-corrected chi connectivity index (χ4v) is 6.02. The smallest absolute Gasteiger partial charge is 0.392 e. The molecule has 3 heterocycles. The zero-order valence-corrected chi connectivity index (χ0v) is 25.3. The van der Waals surface area contributed by atoms with Gasteiger partial charge in [0.05, 0.1) is 48.9 Å². The van der Waals surface area contributed by atoms with Crippen LogP contribution in [0, 0.1) is 0 Å². The summed E-state index contributed by atoms with van der Waals surface area (Å²) in [5.74, 6) is 0.706. The minimum atomic E-state index is -4.98. The van der Waals surface area contributed by atoms with E-state index in [0.29, 0.717) is 48.0 Å². The third kappa shape index (κ3) is 6.68. The van der Waals surface area contributed by atoms with Crippen LogP contribution in [0.4, 0.5) is 37.8 Å². The molecule has 1 unspecified atom stereocenters. The standard InChI is InChI=1S/C33H36F6N4O2/c1-21(31(2,3)23-13-24(32(34,35)36)15-25(14-23)33(37,38)39)41(4)29-17-40-30(16-28(29)27-8-6-5-7-22(27)19-44)43-10-9-42-11-12-45-20-26(42)18-43/h5-8,13-17,26,44H,1,9-12,18-20H2,2-4H3. The van der Waals surface area contributed by atoms with Crippen molar-refractivity contribution < 1.29 is 36.2 Å². The van der Waals surface area contributed by atoms with Gasteiger partial charge in [-0.15, -0.1) is 0 Å². The Morgan fingerprint density at radius 1 is 0.956 bits per heavy atom. The summed E-state index contributed by atoms with van der Waals surface area (Å²) in [5.41, 5.74) is -1.49. The number of rotatable bonds is 7. The van der Waals surface area contributed by atoms with Crippen LogP contribution in [0.3, 0.4) is 0 Å². The van der Waals surface area contributed by atoms with Crippen LogP contribution in [0.2, 0.25) is 0 Å². The van der Waals surface area contributed by atoms with E-state index < -0.39 is 28.9 Å². The highest BCUT2D eigenvalue weighted by Crippen LogP contribution is 2.43. The number of piperazine rings is 1. The lowest BCUT2D eigenvalue weighted by atomic mass is 9.79. The largest absolute Gasteiger partial charge is 0.416 e. The summed E-state index contributed by atoms with van der Waals surface area (Å²) in [5, 5.41) is 10.2. The molecular formula is C33H36F6N4O2. The van der Waals surface area contributed by atoms with Crippen molar-refractivity contribution in [1.29, 1.82) is 0 Å². The third-order valence-corrected chi connectivity index (χ3v) is 8.91. The second-order valence-electron chi connectivity index (χ2n) is 12.0. The van der Waals surface area contributed by atoms with Gasteiger partial charge in [0.15, 0.2) is 0 Å². The fraction of sp³-hybridized carbons (Fsp3) is 0.424. The lowest BCUT2D eigenvalue weighted by molar-refractivity contribution is -0.143. The maximum absolute atomic E-state index is 13.7. The van der Waals surface area contributed by atoms with Crippen molar-refractivity contribution in [3.8, 4) is 11.1 Å². The van der Waals surface area contributed by atoms with Crippen LogP contribution in [0.1, 0.15) is 36.1 Å². The van der Waals surface area contributed by atoms with Crippen LogP contribution in [0.25, 0.3) is 11.1 Å². The molecule has 2 aliphatic heterocycles. The molecule has 1 atom stereocenters. The van der Waals surface area contributed by atoms with Gasteiger partial charge >= 0.3 is 12.4 Å². The number of aromatic nitrogens is 1. The number of allylic oxidation sites excluding steroid dienone is 1. The van der Waals surface area contributed by atoms with E-state index in [1.165, 1.54) is 13.8 Å². The maximum Gasteiger partial charge on any atom is 0.416 e. The van der Waals surface area contributed by atoms with Crippen LogP contribution in [0.5, 0.6) is 0 Å². The first-order chi connectivity index (χ1) is 21.1. The quantitative estimate of drug-likeness (QED) is 0.291. The van der Waals surface area contributed by atoms with Crippen molar-refractivity contribution in [2.45, 2.75) is 44.3 Å². The highest BCUT2D eigenvalue weighted by Gasteiger charge is 2.40. The average molecular weight is 635 g/mol. The summed E-state index contributed by atoms with van der Waals surface area (Å²) in [6.45, 7) is 11.5. The molecule has 0 radical (unpaired) electrons. The molecule has 5 rings (SSSR count). The highest BCUT2D eigenvalue weighted by atomic mass is 19.4. The Labute approximate surface area is 258 Å². The van der Waals surface area contributed by atoms with E-state index in [2.05, 4.69) is 16.4 Å². The van der Waals surface area contributed by atoms with Crippen molar-refractivity contribution in [3.63, 3.8) is 0 Å². The zero-order valence-electron chi connectivity index (χ0n) is 25.3. The lowest BCUT2D eigenvalue weighted by Gasteiger charge is -2.44. The number of ether oxygens (including phenoxy) is 1. The van der Waals surface area contributed by atoms with Gasteiger partial charge in [0.2, 0.25) is 0 Å². The second kappa shape index (κ2) is 12.3. The van der Waals surface area contributed by atoms with Crippen molar-refractivity contribution in [2.75, 3.05) is 56.2 Å². The summed E-state index contributed by atoms with van der Waals surface area (Å²) in [6.07, 6.45) is -8.32. The molecule has 1 N–H and O–H groups in total. The van der Waals surface area contributed by atoms with Gasteiger partial charge in [-0.2, -0.15) is 26.3 Å². The molecule has 3 aromatic rings. The number of fused-ring (bicyclic) bond motifs is 1. The molecule has 2 aromatic carbocycles. The molecule has 0 bridgehead atoms. The second-order valence-corrected chi connectivity index (χ2v) is 12.0. The van der Waals surface area contributed by atoms with E-state index in [4.69, 9.17) is 9.72 Å². The molecule has 2 saturated heterocycles.